The van der Waals surface area contributed by atoms with E-state index in [1.54, 1.807) is 0 Å². The molecule has 0 saturated carbocycles. The van der Waals surface area contributed by atoms with Gasteiger partial charge in [0.1, 0.15) is 24.4 Å². The number of nitrogens with two attached hydrogens (primary N) is 2. The SMILES string of the molecule is NNC(N)=S.O=CC(O)C(O)C(O)C(O)CO. The molecule has 0 saturated heterocycles. The first-order valence-corrected chi connectivity index (χ1v) is 4.77. The van der Waals surface area contributed by atoms with E-state index in [2.05, 4.69) is 18.1 Å². The van der Waals surface area contributed by atoms with Gasteiger partial charge in [0.15, 0.2) is 11.4 Å². The summed E-state index contributed by atoms with van der Waals surface area (Å²) in [6.07, 6.45) is -6.84. The third-order valence-corrected chi connectivity index (χ3v) is 1.68. The molecule has 0 aromatic rings. The van der Waals surface area contributed by atoms with Crippen molar-refractivity contribution >= 4 is 23.6 Å². The van der Waals surface area contributed by atoms with E-state index in [-0.39, 0.29) is 11.4 Å². The summed E-state index contributed by atoms with van der Waals surface area (Å²) in [5.41, 5.74) is 6.82. The van der Waals surface area contributed by atoms with Crippen molar-refractivity contribution in [2.45, 2.75) is 24.4 Å². The van der Waals surface area contributed by atoms with Crippen molar-refractivity contribution in [2.24, 2.45) is 11.6 Å². The Balaban J connectivity index is 0. The Morgan fingerprint density at radius 2 is 1.71 bits per heavy atom. The second-order valence-corrected chi connectivity index (χ2v) is 3.31. The molecule has 4 unspecified atom stereocenters. The maximum Gasteiger partial charge on any atom is 0.177 e. The highest BCUT2D eigenvalue weighted by molar-refractivity contribution is 7.80. The molecule has 4 atom stereocenters. The average Bonchev–Trinajstić information content (AvgIpc) is 2.35. The smallest absolute Gasteiger partial charge is 0.177 e. The highest BCUT2D eigenvalue weighted by Crippen LogP contribution is 2.02. The fourth-order valence-corrected chi connectivity index (χ4v) is 0.618. The lowest BCUT2D eigenvalue weighted by Crippen LogP contribution is -2.46. The van der Waals surface area contributed by atoms with Crippen LogP contribution < -0.4 is 17.0 Å². The lowest BCUT2D eigenvalue weighted by Gasteiger charge is -2.22. The normalized spacial score (nSPS) is 16.8. The molecule has 0 aliphatic heterocycles. The zero-order chi connectivity index (χ0) is 14.0. The van der Waals surface area contributed by atoms with Gasteiger partial charge in [-0.2, -0.15) is 0 Å². The molecule has 0 bridgehead atoms. The third-order valence-electron chi connectivity index (χ3n) is 1.56. The van der Waals surface area contributed by atoms with Gasteiger partial charge in [-0.1, -0.05) is 0 Å². The van der Waals surface area contributed by atoms with Gasteiger partial charge >= 0.3 is 0 Å². The predicted molar refractivity (Wildman–Crippen MR) is 61.3 cm³/mol. The summed E-state index contributed by atoms with van der Waals surface area (Å²) in [5.74, 6) is 4.66. The molecule has 0 amide bonds. The van der Waals surface area contributed by atoms with Crippen LogP contribution >= 0.6 is 12.2 Å². The number of hydrogen-bond donors (Lipinski definition) is 8. The quantitative estimate of drug-likeness (QED) is 0.105. The zero-order valence-corrected chi connectivity index (χ0v) is 9.62. The summed E-state index contributed by atoms with van der Waals surface area (Å²) in [6, 6.07) is 0. The predicted octanol–water partition coefficient (Wildman–Crippen LogP) is -4.69. The molecule has 17 heavy (non-hydrogen) atoms. The van der Waals surface area contributed by atoms with Crippen LogP contribution in [0.3, 0.4) is 0 Å². The standard InChI is InChI=1S/C6H12O6.CH5N3S/c7-1-3(9)5(11)6(12)4(10)2-8;2-1(5)4-3/h1,3-6,8-12H,2H2;3H2,(H3,2,4,5). The summed E-state index contributed by atoms with van der Waals surface area (Å²) < 4.78 is 0. The van der Waals surface area contributed by atoms with E-state index >= 15 is 0 Å². The average molecular weight is 271 g/mol. The topological polar surface area (TPSA) is 182 Å². The van der Waals surface area contributed by atoms with Crippen molar-refractivity contribution in [1.82, 2.24) is 5.43 Å². The van der Waals surface area contributed by atoms with Crippen molar-refractivity contribution < 1.29 is 30.3 Å². The molecule has 0 spiro atoms. The molecule has 9 nitrogen and oxygen atoms in total. The maximum atomic E-state index is 9.90. The first-order valence-electron chi connectivity index (χ1n) is 4.36. The van der Waals surface area contributed by atoms with Gasteiger partial charge in [-0.25, -0.2) is 5.84 Å². The van der Waals surface area contributed by atoms with Crippen molar-refractivity contribution in [3.63, 3.8) is 0 Å². The van der Waals surface area contributed by atoms with Crippen LogP contribution in [-0.4, -0.2) is 68.0 Å². The van der Waals surface area contributed by atoms with Gasteiger partial charge in [0.2, 0.25) is 0 Å². The fraction of sp³-hybridized carbons (Fsp3) is 0.714. The lowest BCUT2D eigenvalue weighted by molar-refractivity contribution is -0.136. The van der Waals surface area contributed by atoms with E-state index in [1.807, 2.05) is 5.43 Å². The molecule has 0 aliphatic rings. The molecule has 0 rings (SSSR count). The van der Waals surface area contributed by atoms with Gasteiger partial charge in [0.25, 0.3) is 0 Å². The minimum Gasteiger partial charge on any atom is -0.394 e. The fourth-order valence-electron chi connectivity index (χ4n) is 0.618. The number of carbonyl (C=O) groups is 1. The van der Waals surface area contributed by atoms with Gasteiger partial charge in [-0.05, 0) is 12.2 Å². The Hall–Kier alpha value is -0.880. The molecule has 102 valence electrons. The Morgan fingerprint density at radius 1 is 1.29 bits per heavy atom. The number of thiocarbonyl (C=S) groups is 1. The van der Waals surface area contributed by atoms with Crippen molar-refractivity contribution in [3.05, 3.63) is 0 Å². The van der Waals surface area contributed by atoms with Gasteiger partial charge in [-0.15, -0.1) is 0 Å². The maximum absolute atomic E-state index is 9.90. The monoisotopic (exact) mass is 271 g/mol. The van der Waals surface area contributed by atoms with Crippen LogP contribution in [0.2, 0.25) is 0 Å². The number of aliphatic hydroxyl groups excluding tert-OH is 5. The number of hydrogen-bond acceptors (Lipinski definition) is 8. The van der Waals surface area contributed by atoms with Gasteiger partial charge in [0.05, 0.1) is 6.61 Å². The molecular formula is C7H17N3O6S. The van der Waals surface area contributed by atoms with Crippen molar-refractivity contribution in [3.8, 4) is 0 Å². The Morgan fingerprint density at radius 3 is 1.94 bits per heavy atom. The van der Waals surface area contributed by atoms with E-state index in [0.717, 1.165) is 0 Å². The molecular weight excluding hydrogens is 254 g/mol. The molecule has 0 aromatic carbocycles. The van der Waals surface area contributed by atoms with E-state index < -0.39 is 31.0 Å². The van der Waals surface area contributed by atoms with Gasteiger partial charge < -0.3 is 41.5 Å². The van der Waals surface area contributed by atoms with Crippen molar-refractivity contribution in [2.75, 3.05) is 6.61 Å². The number of aldehydes is 1. The first-order chi connectivity index (χ1) is 7.81. The minimum atomic E-state index is -1.79. The molecule has 10 N–H and O–H groups in total. The minimum absolute atomic E-state index is 0.0258. The summed E-state index contributed by atoms with van der Waals surface area (Å²) in [6.45, 7) is -0.760. The molecule has 0 fully saturated rings. The second-order valence-electron chi connectivity index (χ2n) is 2.87. The van der Waals surface area contributed by atoms with Gasteiger partial charge in [-0.3, -0.25) is 0 Å². The zero-order valence-electron chi connectivity index (χ0n) is 8.80. The number of rotatable bonds is 5. The van der Waals surface area contributed by atoms with E-state index in [4.69, 9.17) is 31.3 Å². The molecule has 0 radical (unpaired) electrons. The van der Waals surface area contributed by atoms with E-state index in [0.29, 0.717) is 0 Å². The Bertz CT molecular complexity index is 232. The van der Waals surface area contributed by atoms with Crippen LogP contribution in [0.25, 0.3) is 0 Å². The van der Waals surface area contributed by atoms with Crippen LogP contribution in [0, 0.1) is 0 Å². The van der Waals surface area contributed by atoms with E-state index in [9.17, 15) is 4.79 Å². The van der Waals surface area contributed by atoms with Crippen LogP contribution in [0.15, 0.2) is 0 Å². The third kappa shape index (κ3) is 8.88. The summed E-state index contributed by atoms with van der Waals surface area (Å²) in [7, 11) is 0. The number of carbonyl (C=O) groups excluding carboxylic acids is 1. The van der Waals surface area contributed by atoms with Crippen molar-refractivity contribution in [1.29, 1.82) is 0 Å². The first kappa shape index (κ1) is 18.5. The molecule has 0 aliphatic carbocycles. The van der Waals surface area contributed by atoms with E-state index in [1.165, 1.54) is 0 Å². The number of nitrogens with one attached hydrogen (secondary N) is 1. The highest BCUT2D eigenvalue weighted by Gasteiger charge is 2.29. The lowest BCUT2D eigenvalue weighted by atomic mass is 10.0. The Kier molecular flexibility index (Phi) is 11.2. The molecule has 0 aromatic heterocycles. The summed E-state index contributed by atoms with van der Waals surface area (Å²) in [4.78, 5) is 9.90. The highest BCUT2D eigenvalue weighted by atomic mass is 32.1. The number of aliphatic hydroxyl groups is 5. The van der Waals surface area contributed by atoms with Crippen LogP contribution in [0.1, 0.15) is 0 Å². The summed E-state index contributed by atoms with van der Waals surface area (Å²) in [5, 5.41) is 43.7. The number of hydrazine groups is 1. The van der Waals surface area contributed by atoms with Crippen LogP contribution in [-0.2, 0) is 4.79 Å². The van der Waals surface area contributed by atoms with Crippen LogP contribution in [0.5, 0.6) is 0 Å². The summed E-state index contributed by atoms with van der Waals surface area (Å²) >= 11 is 4.24. The Labute approximate surface area is 103 Å². The van der Waals surface area contributed by atoms with Crippen LogP contribution in [0.4, 0.5) is 0 Å². The second kappa shape index (κ2) is 10.3. The molecule has 10 heteroatoms. The largest absolute Gasteiger partial charge is 0.394 e. The van der Waals surface area contributed by atoms with Gasteiger partial charge in [0, 0.05) is 0 Å². The molecule has 0 heterocycles.